The molecule has 0 N–H and O–H groups in total. The maximum atomic E-state index is 10.4. The van der Waals surface area contributed by atoms with Crippen LogP contribution in [0.3, 0.4) is 0 Å². The van der Waals surface area contributed by atoms with E-state index in [2.05, 4.69) is 20.4 Å². The van der Waals surface area contributed by atoms with Gasteiger partial charge in [-0.3, -0.25) is 4.79 Å². The zero-order chi connectivity index (χ0) is 8.15. The fourth-order valence-electron chi connectivity index (χ4n) is 0.700. The molecule has 0 fully saturated rings. The van der Waals surface area contributed by atoms with Gasteiger partial charge in [-0.2, -0.15) is 0 Å². The van der Waals surface area contributed by atoms with E-state index < -0.39 is 0 Å². The third-order valence-electron chi connectivity index (χ3n) is 0.924. The zero-order valence-electron chi connectivity index (χ0n) is 6.81. The van der Waals surface area contributed by atoms with Crippen LogP contribution in [-0.2, 0) is 9.53 Å². The van der Waals surface area contributed by atoms with Crippen LogP contribution in [0.4, 0.5) is 0 Å². The molecule has 0 bridgehead atoms. The minimum absolute atomic E-state index is 0.286. The van der Waals surface area contributed by atoms with Crippen molar-refractivity contribution in [1.29, 1.82) is 0 Å². The van der Waals surface area contributed by atoms with Crippen LogP contribution in [0.2, 0.25) is 0 Å². The van der Waals surface area contributed by atoms with Crippen LogP contribution in [0.25, 0.3) is 0 Å². The Balaban J connectivity index is 3.54. The van der Waals surface area contributed by atoms with Gasteiger partial charge in [0.15, 0.2) is 0 Å². The molecule has 2 heteroatoms. The Hall–Kier alpha value is -0.790. The van der Waals surface area contributed by atoms with E-state index in [0.29, 0.717) is 11.7 Å². The standard InChI is InChI=1S/C8H14O2/c1-6(2)5-7(3)10-8(4)9/h6H,3,5H2,1-2,4H3. The van der Waals surface area contributed by atoms with Gasteiger partial charge in [-0.05, 0) is 5.92 Å². The SMILES string of the molecule is C=C(CC(C)C)OC(C)=O. The first-order valence-corrected chi connectivity index (χ1v) is 3.38. The lowest BCUT2D eigenvalue weighted by Gasteiger charge is -2.06. The Morgan fingerprint density at radius 2 is 2.10 bits per heavy atom. The van der Waals surface area contributed by atoms with E-state index in [4.69, 9.17) is 4.74 Å². The van der Waals surface area contributed by atoms with E-state index in [-0.39, 0.29) is 5.97 Å². The van der Waals surface area contributed by atoms with Crippen LogP contribution in [-0.4, -0.2) is 5.97 Å². The van der Waals surface area contributed by atoms with E-state index in [1.807, 2.05) is 0 Å². The van der Waals surface area contributed by atoms with Gasteiger partial charge in [0.2, 0.25) is 0 Å². The number of ether oxygens (including phenoxy) is 1. The second kappa shape index (κ2) is 4.09. The van der Waals surface area contributed by atoms with E-state index in [0.717, 1.165) is 6.42 Å². The minimum atomic E-state index is -0.286. The molecule has 0 aromatic carbocycles. The van der Waals surface area contributed by atoms with Crippen molar-refractivity contribution in [3.63, 3.8) is 0 Å². The Morgan fingerprint density at radius 3 is 2.40 bits per heavy atom. The summed E-state index contributed by atoms with van der Waals surface area (Å²) in [7, 11) is 0. The van der Waals surface area contributed by atoms with Crippen molar-refractivity contribution in [2.45, 2.75) is 27.2 Å². The first kappa shape index (κ1) is 9.21. The van der Waals surface area contributed by atoms with Crippen LogP contribution >= 0.6 is 0 Å². The lowest BCUT2D eigenvalue weighted by molar-refractivity contribution is -0.137. The van der Waals surface area contributed by atoms with Crippen molar-refractivity contribution in [1.82, 2.24) is 0 Å². The summed E-state index contributed by atoms with van der Waals surface area (Å²) in [5.41, 5.74) is 0. The van der Waals surface area contributed by atoms with Crippen molar-refractivity contribution in [3.8, 4) is 0 Å². The van der Waals surface area contributed by atoms with Crippen LogP contribution in [0.5, 0.6) is 0 Å². The van der Waals surface area contributed by atoms with Gasteiger partial charge in [-0.1, -0.05) is 20.4 Å². The molecule has 0 atom stereocenters. The fraction of sp³-hybridized carbons (Fsp3) is 0.625. The van der Waals surface area contributed by atoms with Crippen molar-refractivity contribution in [3.05, 3.63) is 12.3 Å². The Kier molecular flexibility index (Phi) is 3.77. The highest BCUT2D eigenvalue weighted by Crippen LogP contribution is 2.09. The molecule has 0 saturated carbocycles. The van der Waals surface area contributed by atoms with Gasteiger partial charge in [0.25, 0.3) is 0 Å². The molecular weight excluding hydrogens is 128 g/mol. The molecule has 2 nitrogen and oxygen atoms in total. The summed E-state index contributed by atoms with van der Waals surface area (Å²) in [6.45, 7) is 9.07. The maximum Gasteiger partial charge on any atom is 0.307 e. The third kappa shape index (κ3) is 5.35. The van der Waals surface area contributed by atoms with Gasteiger partial charge < -0.3 is 4.74 Å². The molecule has 0 aromatic rings. The van der Waals surface area contributed by atoms with Crippen molar-refractivity contribution in [2.24, 2.45) is 5.92 Å². The first-order valence-electron chi connectivity index (χ1n) is 3.38. The Morgan fingerprint density at radius 1 is 1.60 bits per heavy atom. The molecule has 0 radical (unpaired) electrons. The van der Waals surface area contributed by atoms with Gasteiger partial charge in [0, 0.05) is 13.3 Å². The van der Waals surface area contributed by atoms with Gasteiger partial charge in [0.1, 0.15) is 5.76 Å². The number of rotatable bonds is 3. The lowest BCUT2D eigenvalue weighted by atomic mass is 10.1. The van der Waals surface area contributed by atoms with Gasteiger partial charge in [-0.15, -0.1) is 0 Å². The number of hydrogen-bond donors (Lipinski definition) is 0. The van der Waals surface area contributed by atoms with Gasteiger partial charge in [-0.25, -0.2) is 0 Å². The summed E-state index contributed by atoms with van der Waals surface area (Å²) in [5.74, 6) is 0.764. The number of esters is 1. The van der Waals surface area contributed by atoms with Crippen LogP contribution in [0.15, 0.2) is 12.3 Å². The summed E-state index contributed by atoms with van der Waals surface area (Å²) in [6, 6.07) is 0. The van der Waals surface area contributed by atoms with Gasteiger partial charge >= 0.3 is 5.97 Å². The molecule has 58 valence electrons. The van der Waals surface area contributed by atoms with E-state index in [9.17, 15) is 4.79 Å². The molecule has 0 rings (SSSR count). The monoisotopic (exact) mass is 142 g/mol. The predicted molar refractivity (Wildman–Crippen MR) is 40.4 cm³/mol. The number of carbonyl (C=O) groups excluding carboxylic acids is 1. The molecule has 0 unspecified atom stereocenters. The third-order valence-corrected chi connectivity index (χ3v) is 0.924. The van der Waals surface area contributed by atoms with Crippen molar-refractivity contribution >= 4 is 5.97 Å². The normalized spacial score (nSPS) is 9.60. The Labute approximate surface area is 61.9 Å². The molecule has 0 spiro atoms. The summed E-state index contributed by atoms with van der Waals surface area (Å²) < 4.78 is 4.73. The Bertz CT molecular complexity index is 136. The summed E-state index contributed by atoms with van der Waals surface area (Å²) in [6.07, 6.45) is 0.750. The van der Waals surface area contributed by atoms with Crippen LogP contribution in [0, 0.1) is 5.92 Å². The average Bonchev–Trinajstić information content (AvgIpc) is 1.58. The molecule has 0 saturated heterocycles. The lowest BCUT2D eigenvalue weighted by Crippen LogP contribution is -2.00. The molecule has 0 aliphatic rings. The highest BCUT2D eigenvalue weighted by Gasteiger charge is 2.01. The molecule has 0 amide bonds. The van der Waals surface area contributed by atoms with Crippen LogP contribution < -0.4 is 0 Å². The topological polar surface area (TPSA) is 26.3 Å². The largest absolute Gasteiger partial charge is 0.432 e. The predicted octanol–water partition coefficient (Wildman–Crippen LogP) is 2.11. The summed E-state index contributed by atoms with van der Waals surface area (Å²) in [4.78, 5) is 10.4. The number of hydrogen-bond acceptors (Lipinski definition) is 2. The molecule has 0 aliphatic carbocycles. The summed E-state index contributed by atoms with van der Waals surface area (Å²) >= 11 is 0. The smallest absolute Gasteiger partial charge is 0.307 e. The highest BCUT2D eigenvalue weighted by molar-refractivity contribution is 5.67. The maximum absolute atomic E-state index is 10.4. The summed E-state index contributed by atoms with van der Waals surface area (Å²) in [5, 5.41) is 0. The average molecular weight is 142 g/mol. The van der Waals surface area contributed by atoms with Gasteiger partial charge in [0.05, 0.1) is 0 Å². The number of allylic oxidation sites excluding steroid dienone is 1. The van der Waals surface area contributed by atoms with E-state index >= 15 is 0 Å². The molecule has 10 heavy (non-hydrogen) atoms. The van der Waals surface area contributed by atoms with Crippen LogP contribution in [0.1, 0.15) is 27.2 Å². The van der Waals surface area contributed by atoms with E-state index in [1.54, 1.807) is 0 Å². The van der Waals surface area contributed by atoms with Crippen molar-refractivity contribution < 1.29 is 9.53 Å². The highest BCUT2D eigenvalue weighted by atomic mass is 16.5. The second-order valence-electron chi connectivity index (χ2n) is 2.73. The molecule has 0 aliphatic heterocycles. The zero-order valence-corrected chi connectivity index (χ0v) is 6.81. The van der Waals surface area contributed by atoms with Crippen molar-refractivity contribution in [2.75, 3.05) is 0 Å². The second-order valence-corrected chi connectivity index (χ2v) is 2.73. The number of carbonyl (C=O) groups is 1. The molecular formula is C8H14O2. The first-order chi connectivity index (χ1) is 4.52. The fourth-order valence-corrected chi connectivity index (χ4v) is 0.700. The quantitative estimate of drug-likeness (QED) is 0.445. The molecule has 0 aromatic heterocycles. The molecule has 0 heterocycles. The van der Waals surface area contributed by atoms with E-state index in [1.165, 1.54) is 6.92 Å². The minimum Gasteiger partial charge on any atom is -0.432 e.